The van der Waals surface area contributed by atoms with Gasteiger partial charge < -0.3 is 28.6 Å². The fraction of sp³-hybridized carbons (Fsp3) is 0.706. The van der Waals surface area contributed by atoms with Gasteiger partial charge in [-0.2, -0.15) is 0 Å². The van der Waals surface area contributed by atoms with Gasteiger partial charge in [0.05, 0.1) is 6.04 Å². The molecule has 0 aliphatic carbocycles. The number of alkyl halides is 2. The number of rotatable bonds is 8. The molecule has 1 rings (SSSR count). The van der Waals surface area contributed by atoms with Crippen LogP contribution in [0.25, 0.3) is 0 Å². The number of halogens is 3. The number of carbonyl (C=O) groups excluding carboxylic acids is 5. The highest BCUT2D eigenvalue weighted by molar-refractivity contribution is 6.34. The molecule has 1 aliphatic rings. The summed E-state index contributed by atoms with van der Waals surface area (Å²) in [6.45, 7) is 3.47. The van der Waals surface area contributed by atoms with E-state index in [1.54, 1.807) is 0 Å². The van der Waals surface area contributed by atoms with E-state index in [1.165, 1.54) is 0 Å². The van der Waals surface area contributed by atoms with E-state index in [4.69, 9.17) is 42.4 Å². The van der Waals surface area contributed by atoms with Crippen LogP contribution in [0.1, 0.15) is 34.1 Å². The van der Waals surface area contributed by atoms with Crippen LogP contribution >= 0.6 is 23.5 Å². The molecule has 0 aromatic rings. The summed E-state index contributed by atoms with van der Waals surface area (Å²) in [5, 5.41) is -0.0458. The fourth-order valence-electron chi connectivity index (χ4n) is 2.94. The Bertz CT molecular complexity index is 723. The summed E-state index contributed by atoms with van der Waals surface area (Å²) in [5.41, 5.74) is 0. The monoisotopic (exact) mass is 489 g/mol. The van der Waals surface area contributed by atoms with Gasteiger partial charge in [-0.1, -0.05) is 11.6 Å². The van der Waals surface area contributed by atoms with Crippen LogP contribution in [-0.2, 0) is 47.2 Å². The number of carbonyl (C=O) groups is 5. The molecule has 1 amide bonds. The maximum atomic E-state index is 15.6. The molecular weight excluding hydrogens is 468 g/mol. The minimum Gasteiger partial charge on any atom is -0.462 e. The number of nitrogens with one attached hydrogen (secondary N) is 1. The molecular formula is C17H22Cl2FNO10. The topological polar surface area (TPSA) is 144 Å². The maximum absolute atomic E-state index is 15.6. The van der Waals surface area contributed by atoms with Gasteiger partial charge in [0.1, 0.15) is 30.7 Å². The van der Waals surface area contributed by atoms with Crippen molar-refractivity contribution in [3.8, 4) is 0 Å². The van der Waals surface area contributed by atoms with Gasteiger partial charge in [0.25, 0.3) is 0 Å². The Morgan fingerprint density at radius 3 is 2.19 bits per heavy atom. The Morgan fingerprint density at radius 2 is 1.74 bits per heavy atom. The summed E-state index contributed by atoms with van der Waals surface area (Å²) in [7, 11) is 0. The SMILES string of the molecule is CC(=O)N[C@H]1[C@H]([C@H](F)[C@@H](COC(C)=O)OC(C)=O)O[C@](Cl)(C(=O)OCl)C[C@@H]1OC(C)=O. The lowest BCUT2D eigenvalue weighted by atomic mass is 9.90. The number of esters is 3. The molecule has 0 aromatic carbocycles. The Hall–Kier alpha value is -2.18. The van der Waals surface area contributed by atoms with Crippen molar-refractivity contribution in [2.45, 2.75) is 69.7 Å². The van der Waals surface area contributed by atoms with Crippen molar-refractivity contribution in [2.24, 2.45) is 0 Å². The first-order chi connectivity index (χ1) is 14.3. The van der Waals surface area contributed by atoms with E-state index in [0.717, 1.165) is 27.7 Å². The van der Waals surface area contributed by atoms with Gasteiger partial charge in [0.15, 0.2) is 12.3 Å². The second-order valence-corrected chi connectivity index (χ2v) is 7.41. The zero-order valence-electron chi connectivity index (χ0n) is 17.0. The zero-order valence-corrected chi connectivity index (χ0v) is 18.5. The van der Waals surface area contributed by atoms with Crippen molar-refractivity contribution in [1.29, 1.82) is 0 Å². The summed E-state index contributed by atoms with van der Waals surface area (Å²) in [4.78, 5) is 57.8. The van der Waals surface area contributed by atoms with Gasteiger partial charge >= 0.3 is 23.9 Å². The first-order valence-electron chi connectivity index (χ1n) is 8.89. The van der Waals surface area contributed by atoms with E-state index in [9.17, 15) is 24.0 Å². The smallest absolute Gasteiger partial charge is 0.372 e. The van der Waals surface area contributed by atoms with E-state index < -0.39 is 78.4 Å². The molecule has 0 saturated carbocycles. The lowest BCUT2D eigenvalue weighted by Crippen LogP contribution is -2.66. The molecule has 11 nitrogen and oxygen atoms in total. The van der Waals surface area contributed by atoms with Gasteiger partial charge in [-0.25, -0.2) is 9.18 Å². The van der Waals surface area contributed by atoms with Crippen LogP contribution in [0.15, 0.2) is 0 Å². The highest BCUT2D eigenvalue weighted by Crippen LogP contribution is 2.38. The molecule has 0 spiro atoms. The Morgan fingerprint density at radius 1 is 1.13 bits per heavy atom. The molecule has 14 heteroatoms. The predicted molar refractivity (Wildman–Crippen MR) is 100 cm³/mol. The Kier molecular flexibility index (Phi) is 9.91. The molecule has 1 N–H and O–H groups in total. The minimum atomic E-state index is -2.41. The second-order valence-electron chi connectivity index (χ2n) is 6.65. The molecule has 0 radical (unpaired) electrons. The average molecular weight is 490 g/mol. The van der Waals surface area contributed by atoms with Crippen molar-refractivity contribution in [1.82, 2.24) is 5.32 Å². The third kappa shape index (κ3) is 7.78. The fourth-order valence-corrected chi connectivity index (χ4v) is 3.40. The van der Waals surface area contributed by atoms with Crippen LogP contribution in [-0.4, -0.2) is 72.0 Å². The van der Waals surface area contributed by atoms with E-state index >= 15 is 4.39 Å². The Labute approximate surface area is 186 Å². The van der Waals surface area contributed by atoms with Crippen LogP contribution in [0, 0.1) is 0 Å². The lowest BCUT2D eigenvalue weighted by molar-refractivity contribution is -0.207. The summed E-state index contributed by atoms with van der Waals surface area (Å²) >= 11 is 11.2. The van der Waals surface area contributed by atoms with Crippen molar-refractivity contribution in [3.05, 3.63) is 0 Å². The third-order valence-electron chi connectivity index (χ3n) is 4.04. The summed E-state index contributed by atoms with van der Waals surface area (Å²) < 4.78 is 39.7. The maximum Gasteiger partial charge on any atom is 0.372 e. The number of hydrogen-bond donors (Lipinski definition) is 1. The van der Waals surface area contributed by atoms with Gasteiger partial charge in [-0.15, -0.1) is 0 Å². The van der Waals surface area contributed by atoms with Gasteiger partial charge in [-0.05, 0) is 0 Å². The molecule has 0 aromatic heterocycles. The Balaban J connectivity index is 3.39. The zero-order chi connectivity index (χ0) is 23.9. The normalized spacial score (nSPS) is 27.3. The molecule has 6 atom stereocenters. The molecule has 176 valence electrons. The highest BCUT2D eigenvalue weighted by Gasteiger charge is 2.57. The largest absolute Gasteiger partial charge is 0.462 e. The third-order valence-corrected chi connectivity index (χ3v) is 4.58. The standard InChI is InChI=1S/C17H22Cl2FNO10/c1-7(22)21-14-11(28-9(3)24)5-17(18,16(26)31-19)30-15(14)13(20)12(29-10(4)25)6-27-8(2)23/h11-15H,5-6H2,1-4H3,(H,21,22)/t11-,12+,13+,14+,15-,17-/m0/s1. The predicted octanol–water partition coefficient (Wildman–Crippen LogP) is 0.677. The van der Waals surface area contributed by atoms with Crippen molar-refractivity contribution in [3.63, 3.8) is 0 Å². The van der Waals surface area contributed by atoms with Crippen molar-refractivity contribution >= 4 is 53.3 Å². The lowest BCUT2D eigenvalue weighted by Gasteiger charge is -2.45. The van der Waals surface area contributed by atoms with Crippen molar-refractivity contribution < 1.29 is 51.6 Å². The van der Waals surface area contributed by atoms with E-state index in [0.29, 0.717) is 0 Å². The van der Waals surface area contributed by atoms with Gasteiger partial charge in [0, 0.05) is 34.1 Å². The summed E-state index contributed by atoms with van der Waals surface area (Å²) in [6, 6.07) is -1.37. The van der Waals surface area contributed by atoms with E-state index in [1.807, 2.05) is 0 Å². The summed E-state index contributed by atoms with van der Waals surface area (Å²) in [5.74, 6) is -4.53. The molecule has 1 fully saturated rings. The average Bonchev–Trinajstić information content (AvgIpc) is 2.64. The van der Waals surface area contributed by atoms with Crippen LogP contribution < -0.4 is 5.32 Å². The van der Waals surface area contributed by atoms with Crippen LogP contribution in [0.3, 0.4) is 0 Å². The number of amides is 1. The van der Waals surface area contributed by atoms with Gasteiger partial charge in [-0.3, -0.25) is 19.2 Å². The van der Waals surface area contributed by atoms with E-state index in [2.05, 4.69) is 9.61 Å². The molecule has 0 bridgehead atoms. The first-order valence-corrected chi connectivity index (χ1v) is 9.58. The molecule has 31 heavy (non-hydrogen) atoms. The molecule has 1 saturated heterocycles. The second kappa shape index (κ2) is 11.4. The van der Waals surface area contributed by atoms with Crippen LogP contribution in [0.5, 0.6) is 0 Å². The molecule has 0 unspecified atom stereocenters. The van der Waals surface area contributed by atoms with Crippen LogP contribution in [0.2, 0.25) is 0 Å². The first kappa shape index (κ1) is 26.9. The number of ether oxygens (including phenoxy) is 4. The summed E-state index contributed by atoms with van der Waals surface area (Å²) in [6.07, 6.45) is -7.78. The molecule has 1 aliphatic heterocycles. The quantitative estimate of drug-likeness (QED) is 0.293. The highest BCUT2D eigenvalue weighted by atomic mass is 35.5. The van der Waals surface area contributed by atoms with E-state index in [-0.39, 0.29) is 0 Å². The minimum absolute atomic E-state index is 0.559. The van der Waals surface area contributed by atoms with Gasteiger partial charge in [0.2, 0.25) is 11.0 Å². The molecule has 1 heterocycles. The van der Waals surface area contributed by atoms with Crippen molar-refractivity contribution in [2.75, 3.05) is 6.61 Å². The number of hydrogen-bond acceptors (Lipinski definition) is 10. The van der Waals surface area contributed by atoms with Crippen LogP contribution in [0.4, 0.5) is 4.39 Å².